The van der Waals surface area contributed by atoms with E-state index in [0.29, 0.717) is 32.7 Å². The van der Waals surface area contributed by atoms with Crippen molar-refractivity contribution in [2.75, 3.05) is 19.8 Å². The van der Waals surface area contributed by atoms with Crippen LogP contribution in [0.5, 0.6) is 0 Å². The van der Waals surface area contributed by atoms with Crippen molar-refractivity contribution in [3.8, 4) is 0 Å². The number of carbonyl (C=O) groups excluding carboxylic acids is 2. The summed E-state index contributed by atoms with van der Waals surface area (Å²) in [6.45, 7) is 3.22. The van der Waals surface area contributed by atoms with Crippen molar-refractivity contribution < 1.29 is 14.3 Å². The van der Waals surface area contributed by atoms with Gasteiger partial charge in [0.25, 0.3) is 0 Å². The van der Waals surface area contributed by atoms with Crippen LogP contribution in [0.4, 0.5) is 0 Å². The van der Waals surface area contributed by atoms with E-state index in [1.807, 2.05) is 29.2 Å². The highest BCUT2D eigenvalue weighted by Gasteiger charge is 2.26. The first-order chi connectivity index (χ1) is 12.1. The lowest BCUT2D eigenvalue weighted by Gasteiger charge is -2.27. The maximum absolute atomic E-state index is 12.4. The number of likely N-dealkylation sites (tertiary alicyclic amines) is 1. The van der Waals surface area contributed by atoms with E-state index in [1.165, 1.54) is 0 Å². The minimum absolute atomic E-state index is 0.112. The summed E-state index contributed by atoms with van der Waals surface area (Å²) >= 11 is 0. The average molecular weight is 345 g/mol. The van der Waals surface area contributed by atoms with E-state index in [-0.39, 0.29) is 17.7 Å². The van der Waals surface area contributed by atoms with Gasteiger partial charge in [0.1, 0.15) is 0 Å². The molecule has 6 nitrogen and oxygen atoms in total. The van der Waals surface area contributed by atoms with Crippen molar-refractivity contribution in [2.45, 2.75) is 44.8 Å². The lowest BCUT2D eigenvalue weighted by atomic mass is 9.92. The van der Waals surface area contributed by atoms with Gasteiger partial charge in [-0.25, -0.2) is 0 Å². The number of hydrogen-bond acceptors (Lipinski definition) is 4. The second-order valence-electron chi connectivity index (χ2n) is 6.88. The molecule has 2 aliphatic rings. The molecule has 2 aliphatic heterocycles. The maximum Gasteiger partial charge on any atom is 0.237 e. The van der Waals surface area contributed by atoms with Crippen LogP contribution in [0.3, 0.4) is 0 Å². The van der Waals surface area contributed by atoms with Crippen molar-refractivity contribution in [3.63, 3.8) is 0 Å². The molecule has 3 rings (SSSR count). The van der Waals surface area contributed by atoms with Crippen LogP contribution in [0, 0.1) is 5.92 Å². The number of nitrogens with zero attached hydrogens (tertiary/aromatic N) is 1. The van der Waals surface area contributed by atoms with Gasteiger partial charge in [0.15, 0.2) is 0 Å². The molecule has 2 amide bonds. The molecule has 0 radical (unpaired) electrons. The molecule has 6 heteroatoms. The van der Waals surface area contributed by atoms with Crippen LogP contribution in [-0.4, -0.2) is 42.5 Å². The summed E-state index contributed by atoms with van der Waals surface area (Å²) in [5.41, 5.74) is 8.24. The predicted octanol–water partition coefficient (Wildman–Crippen LogP) is 1.18. The molecule has 3 N–H and O–H groups in total. The molecular formula is C19H27N3O3. The Kier molecular flexibility index (Phi) is 6.04. The summed E-state index contributed by atoms with van der Waals surface area (Å²) in [6, 6.07) is 7.45. The van der Waals surface area contributed by atoms with E-state index >= 15 is 0 Å². The molecule has 1 aromatic rings. The number of amides is 2. The van der Waals surface area contributed by atoms with Gasteiger partial charge in [-0.05, 0) is 36.3 Å². The van der Waals surface area contributed by atoms with E-state index in [0.717, 1.165) is 36.9 Å². The van der Waals surface area contributed by atoms with Crippen molar-refractivity contribution in [1.82, 2.24) is 10.2 Å². The zero-order chi connectivity index (χ0) is 17.6. The lowest BCUT2D eigenvalue weighted by Crippen LogP contribution is -2.46. The summed E-state index contributed by atoms with van der Waals surface area (Å²) in [4.78, 5) is 26.1. The van der Waals surface area contributed by atoms with Gasteiger partial charge < -0.3 is 20.7 Å². The van der Waals surface area contributed by atoms with Gasteiger partial charge in [-0.2, -0.15) is 0 Å². The van der Waals surface area contributed by atoms with Gasteiger partial charge in [-0.1, -0.05) is 24.3 Å². The summed E-state index contributed by atoms with van der Waals surface area (Å²) in [6.07, 6.45) is 3.24. The molecule has 1 atom stereocenters. The third kappa shape index (κ3) is 4.58. The third-order valence-electron chi connectivity index (χ3n) is 5.18. The fourth-order valence-electron chi connectivity index (χ4n) is 3.55. The van der Waals surface area contributed by atoms with Gasteiger partial charge in [0.05, 0.1) is 6.04 Å². The summed E-state index contributed by atoms with van der Waals surface area (Å²) in [5.74, 6) is 0.283. The van der Waals surface area contributed by atoms with Crippen LogP contribution in [0.1, 0.15) is 36.8 Å². The van der Waals surface area contributed by atoms with Crippen LogP contribution < -0.4 is 11.1 Å². The zero-order valence-corrected chi connectivity index (χ0v) is 14.6. The smallest absolute Gasteiger partial charge is 0.237 e. The Morgan fingerprint density at radius 1 is 1.28 bits per heavy atom. The molecule has 0 spiro atoms. The van der Waals surface area contributed by atoms with E-state index < -0.39 is 6.04 Å². The lowest BCUT2D eigenvalue weighted by molar-refractivity contribution is -0.128. The Balaban J connectivity index is 1.57. The van der Waals surface area contributed by atoms with Crippen molar-refractivity contribution in [3.05, 3.63) is 35.4 Å². The second kappa shape index (κ2) is 8.45. The molecule has 0 aromatic heterocycles. The largest absolute Gasteiger partial charge is 0.381 e. The molecule has 1 unspecified atom stereocenters. The first-order valence-corrected chi connectivity index (χ1v) is 9.11. The Labute approximate surface area is 148 Å². The number of ether oxygens (including phenoxy) is 1. The minimum atomic E-state index is -0.490. The summed E-state index contributed by atoms with van der Waals surface area (Å²) < 4.78 is 5.33. The van der Waals surface area contributed by atoms with Crippen LogP contribution in [0.25, 0.3) is 0 Å². The molecule has 136 valence electrons. The molecule has 0 saturated carbocycles. The van der Waals surface area contributed by atoms with Crippen molar-refractivity contribution in [2.24, 2.45) is 11.7 Å². The predicted molar refractivity (Wildman–Crippen MR) is 94.5 cm³/mol. The third-order valence-corrected chi connectivity index (χ3v) is 5.18. The van der Waals surface area contributed by atoms with Gasteiger partial charge in [-0.3, -0.25) is 9.59 Å². The zero-order valence-electron chi connectivity index (χ0n) is 14.6. The number of rotatable bonds is 6. The van der Waals surface area contributed by atoms with Gasteiger partial charge in [-0.15, -0.1) is 0 Å². The quantitative estimate of drug-likeness (QED) is 0.811. The fourth-order valence-corrected chi connectivity index (χ4v) is 3.55. The molecule has 1 aromatic carbocycles. The molecule has 2 fully saturated rings. The standard InChI is InChI=1S/C19H27N3O3/c20-18(14-7-10-25-11-8-14)19(24)21-12-15-4-1-2-5-16(15)13-22-9-3-6-17(22)23/h1-2,4-5,14,18H,3,6-13,20H2,(H,21,24). The normalized spacial score (nSPS) is 19.9. The average Bonchev–Trinajstić information content (AvgIpc) is 3.05. The molecular weight excluding hydrogens is 318 g/mol. The van der Waals surface area contributed by atoms with Gasteiger partial charge in [0, 0.05) is 39.3 Å². The van der Waals surface area contributed by atoms with E-state index in [2.05, 4.69) is 5.32 Å². The van der Waals surface area contributed by atoms with E-state index in [4.69, 9.17) is 10.5 Å². The van der Waals surface area contributed by atoms with E-state index in [9.17, 15) is 9.59 Å². The highest BCUT2D eigenvalue weighted by Crippen LogP contribution is 2.19. The van der Waals surface area contributed by atoms with Crippen molar-refractivity contribution in [1.29, 1.82) is 0 Å². The highest BCUT2D eigenvalue weighted by molar-refractivity contribution is 5.81. The van der Waals surface area contributed by atoms with Gasteiger partial charge in [0.2, 0.25) is 11.8 Å². The van der Waals surface area contributed by atoms with Crippen LogP contribution in [-0.2, 0) is 27.4 Å². The van der Waals surface area contributed by atoms with E-state index in [1.54, 1.807) is 0 Å². The monoisotopic (exact) mass is 345 g/mol. The minimum Gasteiger partial charge on any atom is -0.381 e. The first-order valence-electron chi connectivity index (χ1n) is 9.11. The highest BCUT2D eigenvalue weighted by atomic mass is 16.5. The fraction of sp³-hybridized carbons (Fsp3) is 0.579. The Morgan fingerprint density at radius 3 is 2.68 bits per heavy atom. The SMILES string of the molecule is NC(C(=O)NCc1ccccc1CN1CCCC1=O)C1CCOCC1. The topological polar surface area (TPSA) is 84.7 Å². The number of benzene rings is 1. The number of carbonyl (C=O) groups is 2. The number of nitrogens with two attached hydrogens (primary N) is 1. The molecule has 0 bridgehead atoms. The van der Waals surface area contributed by atoms with Gasteiger partial charge >= 0.3 is 0 Å². The number of hydrogen-bond donors (Lipinski definition) is 2. The Hall–Kier alpha value is -1.92. The van der Waals surface area contributed by atoms with Crippen LogP contribution in [0.2, 0.25) is 0 Å². The summed E-state index contributed by atoms with van der Waals surface area (Å²) in [5, 5.41) is 2.96. The molecule has 2 saturated heterocycles. The Bertz CT molecular complexity index is 614. The maximum atomic E-state index is 12.4. The molecule has 25 heavy (non-hydrogen) atoms. The first kappa shape index (κ1) is 17.9. The molecule has 2 heterocycles. The summed E-state index contributed by atoms with van der Waals surface area (Å²) in [7, 11) is 0. The van der Waals surface area contributed by atoms with Crippen LogP contribution >= 0.6 is 0 Å². The number of nitrogens with one attached hydrogen (secondary N) is 1. The Morgan fingerprint density at radius 2 is 2.00 bits per heavy atom. The second-order valence-corrected chi connectivity index (χ2v) is 6.88. The van der Waals surface area contributed by atoms with Crippen molar-refractivity contribution >= 4 is 11.8 Å². The van der Waals surface area contributed by atoms with Crippen LogP contribution in [0.15, 0.2) is 24.3 Å². The molecule has 0 aliphatic carbocycles.